The van der Waals surface area contributed by atoms with Gasteiger partial charge in [0.2, 0.25) is 0 Å². The Morgan fingerprint density at radius 1 is 0.921 bits per heavy atom. The van der Waals surface area contributed by atoms with Gasteiger partial charge in [-0.3, -0.25) is 14.7 Å². The Labute approximate surface area is 223 Å². The van der Waals surface area contributed by atoms with Crippen LogP contribution in [0.2, 0.25) is 0 Å². The molecule has 1 aromatic heterocycles. The molecule has 0 aliphatic carbocycles. The third-order valence-corrected chi connectivity index (χ3v) is 8.63. The molecule has 5 rings (SSSR count). The maximum Gasteiger partial charge on any atom is 0.254 e. The molecule has 1 saturated heterocycles. The topological polar surface area (TPSA) is 79.8 Å². The van der Waals surface area contributed by atoms with Crippen LogP contribution < -0.4 is 4.74 Å². The van der Waals surface area contributed by atoms with Crippen LogP contribution in [0.5, 0.6) is 5.75 Å². The van der Waals surface area contributed by atoms with Gasteiger partial charge in [-0.05, 0) is 36.2 Å². The van der Waals surface area contributed by atoms with E-state index in [9.17, 15) is 13.2 Å². The molecule has 1 amide bonds. The van der Waals surface area contributed by atoms with Crippen molar-refractivity contribution in [3.05, 3.63) is 102 Å². The number of carbonyl (C=O) groups excluding carboxylic acids is 1. The normalized spacial score (nSPS) is 14.8. The Morgan fingerprint density at radius 2 is 1.74 bits per heavy atom. The number of sulfone groups is 1. The number of pyridine rings is 1. The van der Waals surface area contributed by atoms with Gasteiger partial charge in [0.15, 0.2) is 9.84 Å². The van der Waals surface area contributed by atoms with Gasteiger partial charge in [-0.25, -0.2) is 8.42 Å². The van der Waals surface area contributed by atoms with Crippen molar-refractivity contribution in [1.29, 1.82) is 0 Å². The fourth-order valence-corrected chi connectivity index (χ4v) is 6.52. The van der Waals surface area contributed by atoms with E-state index in [1.807, 2.05) is 35.2 Å². The lowest BCUT2D eigenvalue weighted by Gasteiger charge is -2.22. The molecule has 7 nitrogen and oxygen atoms in total. The monoisotopic (exact) mass is 529 g/mol. The van der Waals surface area contributed by atoms with Gasteiger partial charge in [-0.15, -0.1) is 0 Å². The quantitative estimate of drug-likeness (QED) is 0.349. The van der Waals surface area contributed by atoms with Gasteiger partial charge >= 0.3 is 0 Å². The van der Waals surface area contributed by atoms with Crippen LogP contribution in [0.15, 0.2) is 90.0 Å². The highest BCUT2D eigenvalue weighted by Crippen LogP contribution is 2.29. The minimum atomic E-state index is -3.71. The van der Waals surface area contributed by atoms with E-state index in [2.05, 4.69) is 22.0 Å². The van der Waals surface area contributed by atoms with Gasteiger partial charge in [-0.2, -0.15) is 0 Å². The van der Waals surface area contributed by atoms with E-state index in [0.717, 1.165) is 31.4 Å². The Balaban J connectivity index is 1.31. The highest BCUT2D eigenvalue weighted by Gasteiger charge is 2.24. The second-order valence-electron chi connectivity index (χ2n) is 9.52. The van der Waals surface area contributed by atoms with E-state index in [1.54, 1.807) is 42.6 Å². The molecule has 38 heavy (non-hydrogen) atoms. The maximum atomic E-state index is 13.4. The first-order chi connectivity index (χ1) is 18.4. The van der Waals surface area contributed by atoms with Crippen molar-refractivity contribution in [2.24, 2.45) is 0 Å². The third-order valence-electron chi connectivity index (χ3n) is 6.94. The van der Waals surface area contributed by atoms with Crippen molar-refractivity contribution >= 4 is 26.6 Å². The average molecular weight is 530 g/mol. The summed E-state index contributed by atoms with van der Waals surface area (Å²) in [5.74, 6) is 0.0593. The second kappa shape index (κ2) is 11.3. The molecular formula is C30H31N3O4S. The summed E-state index contributed by atoms with van der Waals surface area (Å²) < 4.78 is 32.3. The van der Waals surface area contributed by atoms with E-state index in [1.165, 1.54) is 12.7 Å². The van der Waals surface area contributed by atoms with E-state index in [-0.39, 0.29) is 16.6 Å². The SMILES string of the molecule is COc1cc(C(=O)N2CCCN(Cc3ccccc3)CC2)ccc1CS(=O)(=O)c1cccc2cccnc12. The van der Waals surface area contributed by atoms with Crippen LogP contribution >= 0.6 is 0 Å². The summed E-state index contributed by atoms with van der Waals surface area (Å²) in [5.41, 5.74) is 2.71. The van der Waals surface area contributed by atoms with Crippen molar-refractivity contribution in [2.45, 2.75) is 23.6 Å². The number of hydrogen-bond acceptors (Lipinski definition) is 6. The molecule has 2 heterocycles. The van der Waals surface area contributed by atoms with E-state index in [4.69, 9.17) is 4.74 Å². The average Bonchev–Trinajstić information content (AvgIpc) is 3.18. The number of ether oxygens (including phenoxy) is 1. The molecule has 0 atom stereocenters. The number of para-hydroxylation sites is 1. The molecule has 0 radical (unpaired) electrons. The fourth-order valence-electron chi connectivity index (χ4n) is 4.96. The standard InChI is InChI=1S/C30H31N3O4S/c1-37-27-20-25(30(34)33-17-7-16-32(18-19-33)21-23-8-3-2-4-9-23)13-14-26(27)22-38(35,36)28-12-5-10-24-11-6-15-31-29(24)28/h2-6,8-15,20H,7,16-19,21-22H2,1H3. The maximum absolute atomic E-state index is 13.4. The fraction of sp³-hybridized carbons (Fsp3) is 0.267. The van der Waals surface area contributed by atoms with Crippen molar-refractivity contribution < 1.29 is 17.9 Å². The Morgan fingerprint density at radius 3 is 2.55 bits per heavy atom. The number of nitrogens with zero attached hydrogens (tertiary/aromatic N) is 3. The van der Waals surface area contributed by atoms with Gasteiger partial charge in [-0.1, -0.05) is 54.6 Å². The van der Waals surface area contributed by atoms with Crippen molar-refractivity contribution in [3.63, 3.8) is 0 Å². The van der Waals surface area contributed by atoms with Crippen molar-refractivity contribution in [2.75, 3.05) is 33.3 Å². The van der Waals surface area contributed by atoms with E-state index in [0.29, 0.717) is 35.5 Å². The number of aromatic nitrogens is 1. The van der Waals surface area contributed by atoms with Gasteiger partial charge < -0.3 is 9.64 Å². The molecule has 8 heteroatoms. The summed E-state index contributed by atoms with van der Waals surface area (Å²) in [5, 5.41) is 0.765. The smallest absolute Gasteiger partial charge is 0.254 e. The van der Waals surface area contributed by atoms with Crippen LogP contribution in [0.1, 0.15) is 27.9 Å². The molecule has 1 aliphatic heterocycles. The Kier molecular flexibility index (Phi) is 7.72. The molecule has 0 N–H and O–H groups in total. The van der Waals surface area contributed by atoms with E-state index >= 15 is 0 Å². The molecule has 0 spiro atoms. The van der Waals surface area contributed by atoms with Crippen LogP contribution in [0.4, 0.5) is 0 Å². The van der Waals surface area contributed by atoms with Gasteiger partial charge in [0.05, 0.1) is 23.3 Å². The zero-order valence-electron chi connectivity index (χ0n) is 21.4. The molecule has 3 aromatic carbocycles. The van der Waals surface area contributed by atoms with Crippen LogP contribution in [-0.2, 0) is 22.1 Å². The second-order valence-corrected chi connectivity index (χ2v) is 11.5. The van der Waals surface area contributed by atoms with Crippen LogP contribution in [-0.4, -0.2) is 62.4 Å². The summed E-state index contributed by atoms with van der Waals surface area (Å²) in [6.45, 7) is 3.91. The predicted octanol–water partition coefficient (Wildman–Crippen LogP) is 4.57. The molecule has 1 aliphatic rings. The Hall–Kier alpha value is -3.75. The van der Waals surface area contributed by atoms with Gasteiger partial charge in [0.25, 0.3) is 5.91 Å². The summed E-state index contributed by atoms with van der Waals surface area (Å²) in [6, 6.07) is 24.1. The number of methoxy groups -OCH3 is 1. The number of hydrogen-bond donors (Lipinski definition) is 0. The first kappa shape index (κ1) is 25.9. The van der Waals surface area contributed by atoms with Gasteiger partial charge in [0.1, 0.15) is 5.75 Å². The lowest BCUT2D eigenvalue weighted by molar-refractivity contribution is 0.0760. The first-order valence-electron chi connectivity index (χ1n) is 12.7. The summed E-state index contributed by atoms with van der Waals surface area (Å²) in [4.78, 5) is 22.1. The number of benzene rings is 3. The lowest BCUT2D eigenvalue weighted by Crippen LogP contribution is -2.35. The van der Waals surface area contributed by atoms with E-state index < -0.39 is 9.84 Å². The molecule has 1 fully saturated rings. The third kappa shape index (κ3) is 5.71. The highest BCUT2D eigenvalue weighted by atomic mass is 32.2. The minimum Gasteiger partial charge on any atom is -0.496 e. The molecule has 196 valence electrons. The summed E-state index contributed by atoms with van der Waals surface area (Å²) >= 11 is 0. The molecule has 4 aromatic rings. The minimum absolute atomic E-state index is 0.0717. The highest BCUT2D eigenvalue weighted by molar-refractivity contribution is 7.90. The van der Waals surface area contributed by atoms with Crippen molar-refractivity contribution in [3.8, 4) is 5.75 Å². The number of fused-ring (bicyclic) bond motifs is 1. The largest absolute Gasteiger partial charge is 0.496 e. The van der Waals surface area contributed by atoms with Crippen LogP contribution in [0.3, 0.4) is 0 Å². The zero-order valence-corrected chi connectivity index (χ0v) is 22.2. The summed E-state index contributed by atoms with van der Waals surface area (Å²) in [7, 11) is -2.21. The number of carbonyl (C=O) groups is 1. The lowest BCUT2D eigenvalue weighted by atomic mass is 10.1. The van der Waals surface area contributed by atoms with Crippen LogP contribution in [0.25, 0.3) is 10.9 Å². The predicted molar refractivity (Wildman–Crippen MR) is 148 cm³/mol. The Bertz CT molecular complexity index is 1530. The number of rotatable bonds is 7. The zero-order chi connectivity index (χ0) is 26.5. The molecular weight excluding hydrogens is 498 g/mol. The van der Waals surface area contributed by atoms with Gasteiger partial charge in [0, 0.05) is 55.4 Å². The molecule has 0 bridgehead atoms. The summed E-state index contributed by atoms with van der Waals surface area (Å²) in [6.07, 6.45) is 2.48. The number of amides is 1. The first-order valence-corrected chi connectivity index (χ1v) is 14.4. The molecule has 0 saturated carbocycles. The van der Waals surface area contributed by atoms with Crippen molar-refractivity contribution in [1.82, 2.24) is 14.8 Å². The van der Waals surface area contributed by atoms with Crippen LogP contribution in [0, 0.1) is 0 Å². The molecule has 0 unspecified atom stereocenters.